The fourth-order valence-corrected chi connectivity index (χ4v) is 2.84. The Bertz CT molecular complexity index is 1140. The Morgan fingerprint density at radius 3 is 2.15 bits per heavy atom. The molecule has 3 rings (SSSR count). The van der Waals surface area contributed by atoms with Crippen LogP contribution in [0.4, 0.5) is 5.69 Å². The number of hydrogen-bond donors (Lipinski definition) is 2. The van der Waals surface area contributed by atoms with E-state index in [4.69, 9.17) is 9.47 Å². The van der Waals surface area contributed by atoms with Crippen molar-refractivity contribution in [1.82, 2.24) is 5.43 Å². The Morgan fingerprint density at radius 2 is 1.52 bits per heavy atom. The first-order valence-corrected chi connectivity index (χ1v) is 10.7. The SMILES string of the molecule is CCOc1ccc(NC(=O)C(=O)N/N=C\c2ccc(OC(=O)c3ccc(Br)cc3)cc2)cc1. The number of carbonyl (C=O) groups excluding carboxylic acids is 3. The number of carbonyl (C=O) groups is 3. The van der Waals surface area contributed by atoms with Crippen LogP contribution in [0.2, 0.25) is 0 Å². The lowest BCUT2D eigenvalue weighted by Gasteiger charge is -2.06. The Morgan fingerprint density at radius 1 is 0.879 bits per heavy atom. The van der Waals surface area contributed by atoms with Crippen molar-refractivity contribution in [3.05, 3.63) is 88.4 Å². The lowest BCUT2D eigenvalue weighted by Crippen LogP contribution is -2.32. The molecule has 0 spiro atoms. The molecule has 2 amide bonds. The average Bonchev–Trinajstić information content (AvgIpc) is 2.82. The maximum atomic E-state index is 12.1. The Kier molecular flexibility index (Phi) is 8.31. The fraction of sp³-hybridized carbons (Fsp3) is 0.0833. The maximum Gasteiger partial charge on any atom is 0.343 e. The van der Waals surface area contributed by atoms with Crippen LogP contribution in [0.25, 0.3) is 0 Å². The standard InChI is InChI=1S/C24H20BrN3O5/c1-2-32-20-13-9-19(10-14-20)27-22(29)23(30)28-26-15-16-3-11-21(12-4-16)33-24(31)17-5-7-18(25)8-6-17/h3-15H,2H2,1H3,(H,27,29)(H,28,30)/b26-15-. The van der Waals surface area contributed by atoms with E-state index in [0.29, 0.717) is 34.9 Å². The van der Waals surface area contributed by atoms with Gasteiger partial charge in [0.15, 0.2) is 0 Å². The van der Waals surface area contributed by atoms with E-state index in [0.717, 1.165) is 4.47 Å². The smallest absolute Gasteiger partial charge is 0.343 e. The van der Waals surface area contributed by atoms with Gasteiger partial charge >= 0.3 is 17.8 Å². The van der Waals surface area contributed by atoms with Gasteiger partial charge in [-0.25, -0.2) is 10.2 Å². The Hall–Kier alpha value is -3.98. The summed E-state index contributed by atoms with van der Waals surface area (Å²) in [4.78, 5) is 36.0. The molecule has 0 heterocycles. The van der Waals surface area contributed by atoms with Gasteiger partial charge in [0.2, 0.25) is 0 Å². The zero-order chi connectivity index (χ0) is 23.6. The van der Waals surface area contributed by atoms with E-state index < -0.39 is 17.8 Å². The third kappa shape index (κ3) is 7.29. The van der Waals surface area contributed by atoms with Crippen molar-refractivity contribution in [3.8, 4) is 11.5 Å². The minimum atomic E-state index is -0.916. The van der Waals surface area contributed by atoms with Crippen molar-refractivity contribution in [1.29, 1.82) is 0 Å². The van der Waals surface area contributed by atoms with Crippen LogP contribution in [0.3, 0.4) is 0 Å². The molecular formula is C24H20BrN3O5. The highest BCUT2D eigenvalue weighted by atomic mass is 79.9. The van der Waals surface area contributed by atoms with Crippen LogP contribution in [0.15, 0.2) is 82.4 Å². The minimum absolute atomic E-state index is 0.360. The predicted octanol–water partition coefficient (Wildman–Crippen LogP) is 4.16. The molecule has 0 radical (unpaired) electrons. The van der Waals surface area contributed by atoms with Gasteiger partial charge in [-0.15, -0.1) is 0 Å². The number of anilines is 1. The maximum absolute atomic E-state index is 12.1. The van der Waals surface area contributed by atoms with Gasteiger partial charge in [0.05, 0.1) is 18.4 Å². The molecule has 33 heavy (non-hydrogen) atoms. The summed E-state index contributed by atoms with van der Waals surface area (Å²) < 4.78 is 11.5. The highest BCUT2D eigenvalue weighted by Gasteiger charge is 2.13. The van der Waals surface area contributed by atoms with E-state index in [1.807, 2.05) is 6.92 Å². The van der Waals surface area contributed by atoms with Crippen LogP contribution in [0, 0.1) is 0 Å². The van der Waals surface area contributed by atoms with E-state index in [9.17, 15) is 14.4 Å². The van der Waals surface area contributed by atoms with Gasteiger partial charge < -0.3 is 14.8 Å². The van der Waals surface area contributed by atoms with Crippen molar-refractivity contribution in [2.24, 2.45) is 5.10 Å². The summed E-state index contributed by atoms with van der Waals surface area (Å²) in [6.07, 6.45) is 1.36. The molecule has 168 valence electrons. The third-order valence-electron chi connectivity index (χ3n) is 4.18. The molecule has 9 heteroatoms. The van der Waals surface area contributed by atoms with Crippen LogP contribution in [0.1, 0.15) is 22.8 Å². The zero-order valence-corrected chi connectivity index (χ0v) is 19.2. The Labute approximate surface area is 198 Å². The lowest BCUT2D eigenvalue weighted by molar-refractivity contribution is -0.136. The van der Waals surface area contributed by atoms with E-state index in [-0.39, 0.29) is 0 Å². The van der Waals surface area contributed by atoms with Crippen LogP contribution in [-0.4, -0.2) is 30.6 Å². The lowest BCUT2D eigenvalue weighted by atomic mass is 10.2. The van der Waals surface area contributed by atoms with Crippen molar-refractivity contribution in [2.45, 2.75) is 6.92 Å². The third-order valence-corrected chi connectivity index (χ3v) is 4.71. The van der Waals surface area contributed by atoms with E-state index in [2.05, 4.69) is 31.8 Å². The topological polar surface area (TPSA) is 106 Å². The molecule has 8 nitrogen and oxygen atoms in total. The predicted molar refractivity (Wildman–Crippen MR) is 128 cm³/mol. The van der Waals surface area contributed by atoms with Gasteiger partial charge in [-0.05, 0) is 85.3 Å². The number of hydrazone groups is 1. The van der Waals surface area contributed by atoms with Crippen molar-refractivity contribution in [3.63, 3.8) is 0 Å². The molecule has 0 aliphatic rings. The van der Waals surface area contributed by atoms with Gasteiger partial charge in [0, 0.05) is 10.2 Å². The first kappa shape index (κ1) is 23.7. The van der Waals surface area contributed by atoms with Crippen LogP contribution >= 0.6 is 15.9 Å². The number of halogens is 1. The van der Waals surface area contributed by atoms with Crippen molar-refractivity contribution < 1.29 is 23.9 Å². The largest absolute Gasteiger partial charge is 0.494 e. The second-order valence-electron chi connectivity index (χ2n) is 6.58. The van der Waals surface area contributed by atoms with Gasteiger partial charge in [0.25, 0.3) is 0 Å². The molecule has 3 aromatic carbocycles. The molecular weight excluding hydrogens is 490 g/mol. The molecule has 0 aliphatic carbocycles. The average molecular weight is 510 g/mol. The molecule has 0 aromatic heterocycles. The van der Waals surface area contributed by atoms with Crippen molar-refractivity contribution >= 4 is 45.6 Å². The monoisotopic (exact) mass is 509 g/mol. The van der Waals surface area contributed by atoms with Crippen LogP contribution in [-0.2, 0) is 9.59 Å². The molecule has 3 aromatic rings. The van der Waals surface area contributed by atoms with Crippen LogP contribution < -0.4 is 20.2 Å². The zero-order valence-electron chi connectivity index (χ0n) is 17.6. The van der Waals surface area contributed by atoms with Gasteiger partial charge in [-0.2, -0.15) is 5.10 Å². The van der Waals surface area contributed by atoms with Gasteiger partial charge in [-0.1, -0.05) is 15.9 Å². The van der Waals surface area contributed by atoms with Crippen LogP contribution in [0.5, 0.6) is 11.5 Å². The minimum Gasteiger partial charge on any atom is -0.494 e. The molecule has 0 atom stereocenters. The first-order chi connectivity index (χ1) is 15.9. The summed E-state index contributed by atoms with van der Waals surface area (Å²) in [6.45, 7) is 2.40. The van der Waals surface area contributed by atoms with Crippen molar-refractivity contribution in [2.75, 3.05) is 11.9 Å². The number of esters is 1. The summed E-state index contributed by atoms with van der Waals surface area (Å²) in [6, 6.07) is 20.0. The second-order valence-corrected chi connectivity index (χ2v) is 7.49. The summed E-state index contributed by atoms with van der Waals surface area (Å²) in [5.41, 5.74) is 3.67. The van der Waals surface area contributed by atoms with E-state index in [1.165, 1.54) is 6.21 Å². The Balaban J connectivity index is 1.48. The number of ether oxygens (including phenoxy) is 2. The molecule has 0 saturated carbocycles. The normalized spacial score (nSPS) is 10.5. The number of rotatable bonds is 7. The molecule has 0 aliphatic heterocycles. The van der Waals surface area contributed by atoms with Gasteiger partial charge in [-0.3, -0.25) is 9.59 Å². The summed E-state index contributed by atoms with van der Waals surface area (Å²) >= 11 is 3.31. The number of hydrogen-bond acceptors (Lipinski definition) is 6. The highest BCUT2D eigenvalue weighted by molar-refractivity contribution is 9.10. The summed E-state index contributed by atoms with van der Waals surface area (Å²) in [5.74, 6) is -1.22. The fourth-order valence-electron chi connectivity index (χ4n) is 2.58. The summed E-state index contributed by atoms with van der Waals surface area (Å²) in [5, 5.41) is 6.24. The highest BCUT2D eigenvalue weighted by Crippen LogP contribution is 2.16. The number of amides is 2. The quantitative estimate of drug-likeness (QED) is 0.163. The number of nitrogens with zero attached hydrogens (tertiary/aromatic N) is 1. The second kappa shape index (κ2) is 11.6. The summed E-state index contributed by atoms with van der Waals surface area (Å²) in [7, 11) is 0. The molecule has 0 bridgehead atoms. The van der Waals surface area contributed by atoms with E-state index >= 15 is 0 Å². The van der Waals surface area contributed by atoms with Gasteiger partial charge in [0.1, 0.15) is 11.5 Å². The molecule has 0 unspecified atom stereocenters. The molecule has 0 saturated heterocycles. The molecule has 0 fully saturated rings. The first-order valence-electron chi connectivity index (χ1n) is 9.89. The number of nitrogens with one attached hydrogen (secondary N) is 2. The van der Waals surface area contributed by atoms with E-state index in [1.54, 1.807) is 72.8 Å². The number of benzene rings is 3. The molecule has 2 N–H and O–H groups in total.